The van der Waals surface area contributed by atoms with Gasteiger partial charge in [-0.15, -0.1) is 0 Å². The van der Waals surface area contributed by atoms with Crippen molar-refractivity contribution in [2.45, 2.75) is 13.3 Å². The first kappa shape index (κ1) is 14.3. The van der Waals surface area contributed by atoms with E-state index < -0.39 is 0 Å². The fourth-order valence-electron chi connectivity index (χ4n) is 1.79. The number of hydrogen-bond acceptors (Lipinski definition) is 3. The lowest BCUT2D eigenvalue weighted by molar-refractivity contribution is -0.124. The summed E-state index contributed by atoms with van der Waals surface area (Å²) in [5, 5.41) is 2.26. The van der Waals surface area contributed by atoms with E-state index in [4.69, 9.17) is 4.74 Å². The first-order valence-corrected chi connectivity index (χ1v) is 7.26. The maximum absolute atomic E-state index is 11.6. The van der Waals surface area contributed by atoms with Crippen molar-refractivity contribution in [1.29, 1.82) is 0 Å². The molecule has 19 heavy (non-hydrogen) atoms. The van der Waals surface area contributed by atoms with Crippen molar-refractivity contribution in [3.8, 4) is 5.75 Å². The molecule has 1 aromatic rings. The molecule has 6 heteroatoms. The van der Waals surface area contributed by atoms with Gasteiger partial charge in [0, 0.05) is 15.6 Å². The molecule has 0 bridgehead atoms. The zero-order valence-corrected chi connectivity index (χ0v) is 13.3. The van der Waals surface area contributed by atoms with Crippen LogP contribution in [0.3, 0.4) is 0 Å². The SMILES string of the molecule is CCOc1c(Br)cc(Br)cc1C=C1CC(=O)NC1=O. The average Bonchev–Trinajstić information content (AvgIpc) is 2.62. The molecule has 1 fully saturated rings. The van der Waals surface area contributed by atoms with E-state index in [1.807, 2.05) is 19.1 Å². The Kier molecular flexibility index (Phi) is 4.42. The number of carbonyl (C=O) groups is 2. The molecule has 4 nitrogen and oxygen atoms in total. The van der Waals surface area contributed by atoms with E-state index in [2.05, 4.69) is 37.2 Å². The van der Waals surface area contributed by atoms with Gasteiger partial charge in [-0.2, -0.15) is 0 Å². The summed E-state index contributed by atoms with van der Waals surface area (Å²) in [6.45, 7) is 2.40. The Morgan fingerprint density at radius 1 is 1.37 bits per heavy atom. The topological polar surface area (TPSA) is 55.4 Å². The molecule has 2 amide bonds. The molecule has 1 saturated heterocycles. The summed E-state index contributed by atoms with van der Waals surface area (Å²) in [6, 6.07) is 3.71. The van der Waals surface area contributed by atoms with Gasteiger partial charge in [0.25, 0.3) is 5.91 Å². The monoisotopic (exact) mass is 387 g/mol. The van der Waals surface area contributed by atoms with Gasteiger partial charge in [0.2, 0.25) is 5.91 Å². The van der Waals surface area contributed by atoms with E-state index in [0.29, 0.717) is 17.9 Å². The van der Waals surface area contributed by atoms with E-state index in [-0.39, 0.29) is 18.2 Å². The summed E-state index contributed by atoms with van der Waals surface area (Å²) in [5.74, 6) is 0.0390. The average molecular weight is 389 g/mol. The van der Waals surface area contributed by atoms with Gasteiger partial charge in [0.1, 0.15) is 5.75 Å². The van der Waals surface area contributed by atoms with Crippen LogP contribution in [0.4, 0.5) is 0 Å². The van der Waals surface area contributed by atoms with Gasteiger partial charge in [0.05, 0.1) is 17.5 Å². The second kappa shape index (κ2) is 5.88. The predicted molar refractivity (Wildman–Crippen MR) is 78.8 cm³/mol. The molecular formula is C13H11Br2NO3. The summed E-state index contributed by atoms with van der Waals surface area (Å²) in [7, 11) is 0. The molecule has 1 N–H and O–H groups in total. The molecule has 1 aliphatic heterocycles. The third-order valence-corrected chi connectivity index (χ3v) is 3.60. The van der Waals surface area contributed by atoms with Crippen molar-refractivity contribution in [3.05, 3.63) is 32.2 Å². The van der Waals surface area contributed by atoms with Gasteiger partial charge in [-0.25, -0.2) is 0 Å². The maximum atomic E-state index is 11.6. The van der Waals surface area contributed by atoms with Gasteiger partial charge < -0.3 is 4.74 Å². The summed E-state index contributed by atoms with van der Waals surface area (Å²) in [4.78, 5) is 22.7. The molecule has 0 atom stereocenters. The van der Waals surface area contributed by atoms with Gasteiger partial charge in [0.15, 0.2) is 0 Å². The van der Waals surface area contributed by atoms with Gasteiger partial charge in [-0.05, 0) is 41.1 Å². The number of nitrogens with one attached hydrogen (secondary N) is 1. The Balaban J connectivity index is 2.46. The highest BCUT2D eigenvalue weighted by atomic mass is 79.9. The van der Waals surface area contributed by atoms with Crippen molar-refractivity contribution < 1.29 is 14.3 Å². The molecule has 0 unspecified atom stereocenters. The molecule has 0 radical (unpaired) electrons. The summed E-state index contributed by atoms with van der Waals surface area (Å²) in [5.41, 5.74) is 1.19. The minimum atomic E-state index is -0.344. The molecule has 0 spiro atoms. The van der Waals surface area contributed by atoms with E-state index in [1.54, 1.807) is 6.08 Å². The van der Waals surface area contributed by atoms with Crippen molar-refractivity contribution in [2.24, 2.45) is 0 Å². The normalized spacial score (nSPS) is 16.9. The number of benzene rings is 1. The number of carbonyl (C=O) groups excluding carboxylic acids is 2. The molecule has 0 aromatic heterocycles. The van der Waals surface area contributed by atoms with Gasteiger partial charge in [-0.3, -0.25) is 14.9 Å². The molecular weight excluding hydrogens is 378 g/mol. The summed E-state index contributed by atoms with van der Waals surface area (Å²) < 4.78 is 7.22. The Labute approximate surface area is 127 Å². The zero-order valence-electron chi connectivity index (χ0n) is 10.1. The number of imide groups is 1. The van der Waals surface area contributed by atoms with Crippen LogP contribution in [0, 0.1) is 0 Å². The van der Waals surface area contributed by atoms with Crippen molar-refractivity contribution >= 4 is 49.8 Å². The highest BCUT2D eigenvalue weighted by Gasteiger charge is 2.24. The lowest BCUT2D eigenvalue weighted by Gasteiger charge is -2.10. The fourth-order valence-corrected chi connectivity index (χ4v) is 3.17. The first-order valence-electron chi connectivity index (χ1n) is 5.68. The molecule has 1 aromatic carbocycles. The maximum Gasteiger partial charge on any atom is 0.254 e. The standard InChI is InChI=1S/C13H11Br2NO3/c1-2-19-12-7(4-9(14)6-10(12)15)3-8-5-11(17)16-13(8)18/h3-4,6H,2,5H2,1H3,(H,16,17,18). The zero-order chi connectivity index (χ0) is 14.0. The van der Waals surface area contributed by atoms with Crippen LogP contribution in [0.2, 0.25) is 0 Å². The van der Waals surface area contributed by atoms with Crippen LogP contribution in [0.25, 0.3) is 6.08 Å². The van der Waals surface area contributed by atoms with Crippen LogP contribution in [0.1, 0.15) is 18.9 Å². The van der Waals surface area contributed by atoms with Crippen LogP contribution in [0.15, 0.2) is 26.7 Å². The number of hydrogen-bond donors (Lipinski definition) is 1. The Morgan fingerprint density at radius 3 is 2.68 bits per heavy atom. The second-order valence-electron chi connectivity index (χ2n) is 3.96. The van der Waals surface area contributed by atoms with Crippen LogP contribution >= 0.6 is 31.9 Å². The summed E-state index contributed by atoms with van der Waals surface area (Å²) in [6.07, 6.45) is 1.79. The number of halogens is 2. The number of ether oxygens (including phenoxy) is 1. The lowest BCUT2D eigenvalue weighted by atomic mass is 10.1. The second-order valence-corrected chi connectivity index (χ2v) is 5.73. The minimum absolute atomic E-state index is 0.106. The highest BCUT2D eigenvalue weighted by Crippen LogP contribution is 2.34. The highest BCUT2D eigenvalue weighted by molar-refractivity contribution is 9.11. The van der Waals surface area contributed by atoms with Crippen LogP contribution in [0.5, 0.6) is 5.75 Å². The van der Waals surface area contributed by atoms with Crippen LogP contribution in [-0.2, 0) is 9.59 Å². The third-order valence-electron chi connectivity index (χ3n) is 2.55. The molecule has 2 rings (SSSR count). The lowest BCUT2D eigenvalue weighted by Crippen LogP contribution is -2.19. The van der Waals surface area contributed by atoms with Crippen molar-refractivity contribution in [1.82, 2.24) is 5.32 Å². The largest absolute Gasteiger partial charge is 0.492 e. The Hall–Kier alpha value is -1.14. The van der Waals surface area contributed by atoms with E-state index in [9.17, 15) is 9.59 Å². The molecule has 0 aliphatic carbocycles. The first-order chi connectivity index (χ1) is 9.01. The Bertz CT molecular complexity index is 581. The van der Waals surface area contributed by atoms with Gasteiger partial charge in [-0.1, -0.05) is 15.9 Å². The number of rotatable bonds is 3. The van der Waals surface area contributed by atoms with Crippen molar-refractivity contribution in [3.63, 3.8) is 0 Å². The predicted octanol–water partition coefficient (Wildman–Crippen LogP) is 3.04. The molecule has 1 aliphatic rings. The Morgan fingerprint density at radius 2 is 2.11 bits per heavy atom. The third kappa shape index (κ3) is 3.25. The van der Waals surface area contributed by atoms with E-state index in [0.717, 1.165) is 14.5 Å². The molecule has 1 heterocycles. The quantitative estimate of drug-likeness (QED) is 0.639. The fraction of sp³-hybridized carbons (Fsp3) is 0.231. The van der Waals surface area contributed by atoms with Gasteiger partial charge >= 0.3 is 0 Å². The summed E-state index contributed by atoms with van der Waals surface area (Å²) >= 11 is 6.82. The van der Waals surface area contributed by atoms with Crippen LogP contribution in [-0.4, -0.2) is 18.4 Å². The van der Waals surface area contributed by atoms with Crippen molar-refractivity contribution in [2.75, 3.05) is 6.61 Å². The molecule has 100 valence electrons. The smallest absolute Gasteiger partial charge is 0.254 e. The molecule has 0 saturated carbocycles. The van der Waals surface area contributed by atoms with E-state index >= 15 is 0 Å². The minimum Gasteiger partial charge on any atom is -0.492 e. The van der Waals surface area contributed by atoms with Crippen LogP contribution < -0.4 is 10.1 Å². The number of amides is 2. The van der Waals surface area contributed by atoms with E-state index in [1.165, 1.54) is 0 Å².